The number of halogens is 1. The van der Waals surface area contributed by atoms with Crippen molar-refractivity contribution in [2.24, 2.45) is 5.92 Å². The fraction of sp³-hybridized carbons (Fsp3) is 0.625. The van der Waals surface area contributed by atoms with Crippen LogP contribution in [-0.2, 0) is 6.42 Å². The van der Waals surface area contributed by atoms with Crippen molar-refractivity contribution >= 4 is 0 Å². The SMILES string of the molecule is Cc1cc(F)ccc1CCN1CCCNCC(C)C1. The fourth-order valence-corrected chi connectivity index (χ4v) is 2.79. The van der Waals surface area contributed by atoms with E-state index in [1.165, 1.54) is 12.0 Å². The third-order valence-corrected chi connectivity index (χ3v) is 3.89. The Kier molecular flexibility index (Phi) is 5.34. The summed E-state index contributed by atoms with van der Waals surface area (Å²) in [7, 11) is 0. The largest absolute Gasteiger partial charge is 0.316 e. The van der Waals surface area contributed by atoms with Gasteiger partial charge in [-0.25, -0.2) is 4.39 Å². The monoisotopic (exact) mass is 264 g/mol. The van der Waals surface area contributed by atoms with Crippen molar-refractivity contribution in [1.82, 2.24) is 10.2 Å². The van der Waals surface area contributed by atoms with Gasteiger partial charge in [0.15, 0.2) is 0 Å². The lowest BCUT2D eigenvalue weighted by Crippen LogP contribution is -2.39. The summed E-state index contributed by atoms with van der Waals surface area (Å²) in [5, 5.41) is 3.48. The van der Waals surface area contributed by atoms with Crippen LogP contribution < -0.4 is 5.32 Å². The molecule has 1 aliphatic heterocycles. The van der Waals surface area contributed by atoms with E-state index >= 15 is 0 Å². The fourth-order valence-electron chi connectivity index (χ4n) is 2.79. The van der Waals surface area contributed by atoms with Gasteiger partial charge in [0.25, 0.3) is 0 Å². The highest BCUT2D eigenvalue weighted by Gasteiger charge is 2.13. The molecular weight excluding hydrogens is 239 g/mol. The minimum Gasteiger partial charge on any atom is -0.316 e. The van der Waals surface area contributed by atoms with Crippen LogP contribution in [0.15, 0.2) is 18.2 Å². The summed E-state index contributed by atoms with van der Waals surface area (Å²) in [6.45, 7) is 9.94. The van der Waals surface area contributed by atoms with Crippen molar-refractivity contribution in [3.8, 4) is 0 Å². The first-order chi connectivity index (χ1) is 9.15. The third-order valence-electron chi connectivity index (χ3n) is 3.89. The van der Waals surface area contributed by atoms with E-state index in [2.05, 4.69) is 17.1 Å². The number of aryl methyl sites for hydroxylation is 1. The molecule has 1 fully saturated rings. The molecule has 1 heterocycles. The maximum Gasteiger partial charge on any atom is 0.123 e. The number of nitrogens with one attached hydrogen (secondary N) is 1. The molecule has 1 aromatic rings. The maximum atomic E-state index is 13.1. The van der Waals surface area contributed by atoms with Crippen molar-refractivity contribution in [2.45, 2.75) is 26.7 Å². The molecule has 1 unspecified atom stereocenters. The Balaban J connectivity index is 1.89. The highest BCUT2D eigenvalue weighted by Crippen LogP contribution is 2.12. The lowest BCUT2D eigenvalue weighted by molar-refractivity contribution is 0.218. The Morgan fingerprint density at radius 3 is 3.05 bits per heavy atom. The van der Waals surface area contributed by atoms with Gasteiger partial charge < -0.3 is 10.2 Å². The summed E-state index contributed by atoms with van der Waals surface area (Å²) in [5.41, 5.74) is 2.34. The number of benzene rings is 1. The molecular formula is C16H25FN2. The topological polar surface area (TPSA) is 15.3 Å². The van der Waals surface area contributed by atoms with E-state index < -0.39 is 0 Å². The van der Waals surface area contributed by atoms with Crippen LogP contribution in [0.25, 0.3) is 0 Å². The second-order valence-electron chi connectivity index (χ2n) is 5.78. The van der Waals surface area contributed by atoms with Crippen molar-refractivity contribution in [3.05, 3.63) is 35.1 Å². The zero-order chi connectivity index (χ0) is 13.7. The molecule has 1 N–H and O–H groups in total. The van der Waals surface area contributed by atoms with Gasteiger partial charge in [0, 0.05) is 13.1 Å². The average Bonchev–Trinajstić information content (AvgIpc) is 2.33. The van der Waals surface area contributed by atoms with Gasteiger partial charge in [-0.15, -0.1) is 0 Å². The second kappa shape index (κ2) is 7.01. The van der Waals surface area contributed by atoms with Crippen molar-refractivity contribution in [2.75, 3.05) is 32.7 Å². The Morgan fingerprint density at radius 1 is 1.42 bits per heavy atom. The van der Waals surface area contributed by atoms with Crippen molar-refractivity contribution in [3.63, 3.8) is 0 Å². The minimum absolute atomic E-state index is 0.132. The van der Waals surface area contributed by atoms with Crippen LogP contribution in [0.3, 0.4) is 0 Å². The number of hydrogen-bond acceptors (Lipinski definition) is 2. The van der Waals surface area contributed by atoms with Crippen molar-refractivity contribution in [1.29, 1.82) is 0 Å². The Hall–Kier alpha value is -0.930. The second-order valence-corrected chi connectivity index (χ2v) is 5.78. The minimum atomic E-state index is -0.132. The van der Waals surface area contributed by atoms with Gasteiger partial charge in [0.1, 0.15) is 5.82 Å². The normalized spacial score (nSPS) is 21.9. The van der Waals surface area contributed by atoms with Crippen molar-refractivity contribution < 1.29 is 4.39 Å². The molecule has 1 saturated heterocycles. The molecule has 19 heavy (non-hydrogen) atoms. The lowest BCUT2D eigenvalue weighted by Gasteiger charge is -2.28. The van der Waals surface area contributed by atoms with Crippen LogP contribution in [0.1, 0.15) is 24.5 Å². The first kappa shape index (κ1) is 14.5. The molecule has 1 aliphatic rings. The molecule has 1 atom stereocenters. The number of hydrogen-bond donors (Lipinski definition) is 1. The molecule has 0 bridgehead atoms. The Labute approximate surface area is 116 Å². The van der Waals surface area contributed by atoms with Gasteiger partial charge in [-0.1, -0.05) is 13.0 Å². The molecule has 3 heteroatoms. The van der Waals surface area contributed by atoms with Crippen LogP contribution in [0.2, 0.25) is 0 Å². The molecule has 0 saturated carbocycles. The average molecular weight is 264 g/mol. The van der Waals surface area contributed by atoms with E-state index in [1.807, 2.05) is 13.0 Å². The van der Waals surface area contributed by atoms with E-state index in [9.17, 15) is 4.39 Å². The number of nitrogens with zero attached hydrogens (tertiary/aromatic N) is 1. The standard InChI is InChI=1S/C16H25FN2/c1-13-11-18-7-3-8-19(12-13)9-6-15-4-5-16(17)10-14(15)2/h4-5,10,13,18H,3,6-9,11-12H2,1-2H3. The Bertz CT molecular complexity index is 406. The zero-order valence-corrected chi connectivity index (χ0v) is 12.1. The highest BCUT2D eigenvalue weighted by molar-refractivity contribution is 5.26. The molecule has 0 spiro atoms. The van der Waals surface area contributed by atoms with Gasteiger partial charge in [-0.05, 0) is 68.6 Å². The molecule has 1 aromatic carbocycles. The molecule has 2 nitrogen and oxygen atoms in total. The van der Waals surface area contributed by atoms with Crippen LogP contribution in [0, 0.1) is 18.7 Å². The summed E-state index contributed by atoms with van der Waals surface area (Å²) in [6, 6.07) is 5.14. The maximum absolute atomic E-state index is 13.1. The summed E-state index contributed by atoms with van der Waals surface area (Å²) in [5.74, 6) is 0.571. The molecule has 2 rings (SSSR count). The molecule has 0 radical (unpaired) electrons. The van der Waals surface area contributed by atoms with Crippen LogP contribution in [-0.4, -0.2) is 37.6 Å². The summed E-state index contributed by atoms with van der Waals surface area (Å²) in [4.78, 5) is 2.55. The molecule has 0 amide bonds. The van der Waals surface area contributed by atoms with E-state index in [0.717, 1.165) is 44.7 Å². The zero-order valence-electron chi connectivity index (χ0n) is 12.1. The molecule has 0 aromatic heterocycles. The smallest absolute Gasteiger partial charge is 0.123 e. The van der Waals surface area contributed by atoms with Crippen LogP contribution in [0.4, 0.5) is 4.39 Å². The van der Waals surface area contributed by atoms with Gasteiger partial charge >= 0.3 is 0 Å². The summed E-state index contributed by atoms with van der Waals surface area (Å²) in [6.07, 6.45) is 2.24. The lowest BCUT2D eigenvalue weighted by atomic mass is 10.0. The summed E-state index contributed by atoms with van der Waals surface area (Å²) >= 11 is 0. The predicted octanol–water partition coefficient (Wildman–Crippen LogP) is 2.61. The van der Waals surface area contributed by atoms with E-state index in [0.29, 0.717) is 5.92 Å². The van der Waals surface area contributed by atoms with Gasteiger partial charge in [-0.3, -0.25) is 0 Å². The van der Waals surface area contributed by atoms with Crippen LogP contribution in [0.5, 0.6) is 0 Å². The van der Waals surface area contributed by atoms with E-state index in [1.54, 1.807) is 12.1 Å². The molecule has 106 valence electrons. The third kappa shape index (κ3) is 4.59. The van der Waals surface area contributed by atoms with E-state index in [-0.39, 0.29) is 5.82 Å². The predicted molar refractivity (Wildman–Crippen MR) is 77.9 cm³/mol. The van der Waals surface area contributed by atoms with Gasteiger partial charge in [0.2, 0.25) is 0 Å². The van der Waals surface area contributed by atoms with Gasteiger partial charge in [0.05, 0.1) is 0 Å². The first-order valence-electron chi connectivity index (χ1n) is 7.33. The van der Waals surface area contributed by atoms with Crippen LogP contribution >= 0.6 is 0 Å². The Morgan fingerprint density at radius 2 is 2.26 bits per heavy atom. The highest BCUT2D eigenvalue weighted by atomic mass is 19.1. The quantitative estimate of drug-likeness (QED) is 0.903. The van der Waals surface area contributed by atoms with Gasteiger partial charge in [-0.2, -0.15) is 0 Å². The number of rotatable bonds is 3. The molecule has 0 aliphatic carbocycles. The first-order valence-corrected chi connectivity index (χ1v) is 7.33. The summed E-state index contributed by atoms with van der Waals surface area (Å²) < 4.78 is 13.1. The van der Waals surface area contributed by atoms with E-state index in [4.69, 9.17) is 0 Å².